The van der Waals surface area contributed by atoms with Crippen LogP contribution >= 0.6 is 0 Å². The Bertz CT molecular complexity index is 296. The minimum absolute atomic E-state index is 0.329. The van der Waals surface area contributed by atoms with Crippen LogP contribution in [0.5, 0.6) is 0 Å². The largest absolute Gasteiger partial charge is 0.294 e. The highest BCUT2D eigenvalue weighted by atomic mass is 16.1. The average molecular weight is 178 g/mol. The van der Waals surface area contributed by atoms with E-state index in [9.17, 15) is 4.79 Å². The summed E-state index contributed by atoms with van der Waals surface area (Å²) in [6.45, 7) is 8.69. The first-order valence-corrected chi connectivity index (χ1v) is 5.14. The maximum atomic E-state index is 11.8. The van der Waals surface area contributed by atoms with Crippen LogP contribution in [0.1, 0.15) is 40.5 Å². The highest BCUT2D eigenvalue weighted by molar-refractivity contribution is 6.00. The molecule has 0 unspecified atom stereocenters. The molecular formula is C12H18O. The normalized spacial score (nSPS) is 37.1. The van der Waals surface area contributed by atoms with E-state index in [2.05, 4.69) is 20.8 Å². The molecule has 0 heterocycles. The Morgan fingerprint density at radius 1 is 1.15 bits per heavy atom. The van der Waals surface area contributed by atoms with Crippen molar-refractivity contribution in [2.75, 3.05) is 0 Å². The molecule has 1 nitrogen and oxygen atoms in total. The number of carbonyl (C=O) groups is 1. The summed E-state index contributed by atoms with van der Waals surface area (Å²) in [5, 5.41) is 0. The van der Waals surface area contributed by atoms with Gasteiger partial charge in [-0.3, -0.25) is 4.79 Å². The summed E-state index contributed by atoms with van der Waals surface area (Å²) in [4.78, 5) is 11.8. The molecule has 13 heavy (non-hydrogen) atoms. The number of hydrogen-bond donors (Lipinski definition) is 0. The van der Waals surface area contributed by atoms with Crippen molar-refractivity contribution in [3.05, 3.63) is 11.1 Å². The Balaban J connectivity index is 2.33. The lowest BCUT2D eigenvalue weighted by Gasteiger charge is -2.17. The minimum Gasteiger partial charge on any atom is -0.294 e. The lowest BCUT2D eigenvalue weighted by Crippen LogP contribution is -2.12. The van der Waals surface area contributed by atoms with Crippen LogP contribution in [-0.2, 0) is 4.79 Å². The molecule has 0 N–H and O–H groups in total. The zero-order valence-corrected chi connectivity index (χ0v) is 8.98. The van der Waals surface area contributed by atoms with Gasteiger partial charge >= 0.3 is 0 Å². The van der Waals surface area contributed by atoms with Crippen LogP contribution in [0.3, 0.4) is 0 Å². The van der Waals surface area contributed by atoms with Crippen molar-refractivity contribution in [3.63, 3.8) is 0 Å². The van der Waals surface area contributed by atoms with E-state index in [0.29, 0.717) is 23.0 Å². The van der Waals surface area contributed by atoms with Crippen molar-refractivity contribution < 1.29 is 4.79 Å². The molecule has 0 spiro atoms. The number of rotatable bonds is 0. The van der Waals surface area contributed by atoms with Gasteiger partial charge < -0.3 is 0 Å². The molecule has 2 rings (SSSR count). The van der Waals surface area contributed by atoms with E-state index in [1.54, 1.807) is 0 Å². The first-order valence-electron chi connectivity index (χ1n) is 5.14. The molecule has 0 amide bonds. The number of fused-ring (bicyclic) bond motifs is 1. The lowest BCUT2D eigenvalue weighted by atomic mass is 9.88. The SMILES string of the molecule is CC1=C(C)[C@@H]2CC(C)(C)C[C@@H]2C1=O. The topological polar surface area (TPSA) is 17.1 Å². The third kappa shape index (κ3) is 1.17. The molecule has 72 valence electrons. The van der Waals surface area contributed by atoms with Crippen LogP contribution in [0, 0.1) is 17.3 Å². The Kier molecular flexibility index (Phi) is 1.70. The van der Waals surface area contributed by atoms with Gasteiger partial charge in [-0.1, -0.05) is 19.4 Å². The molecule has 1 saturated carbocycles. The fraction of sp³-hybridized carbons (Fsp3) is 0.750. The summed E-state index contributed by atoms with van der Waals surface area (Å²) in [7, 11) is 0. The predicted octanol–water partition coefficient (Wildman–Crippen LogP) is 2.96. The number of ketones is 1. The van der Waals surface area contributed by atoms with E-state index in [0.717, 1.165) is 12.0 Å². The Morgan fingerprint density at radius 3 is 2.23 bits per heavy atom. The average Bonchev–Trinajstić information content (AvgIpc) is 2.44. The van der Waals surface area contributed by atoms with Gasteiger partial charge in [-0.15, -0.1) is 0 Å². The summed E-state index contributed by atoms with van der Waals surface area (Å²) in [6, 6.07) is 0. The molecule has 0 aromatic heterocycles. The van der Waals surface area contributed by atoms with E-state index < -0.39 is 0 Å². The summed E-state index contributed by atoms with van der Waals surface area (Å²) in [5.74, 6) is 1.32. The van der Waals surface area contributed by atoms with Crippen LogP contribution in [0.2, 0.25) is 0 Å². The maximum absolute atomic E-state index is 11.8. The van der Waals surface area contributed by atoms with Crippen LogP contribution in [0.4, 0.5) is 0 Å². The fourth-order valence-electron chi connectivity index (χ4n) is 3.04. The zero-order chi connectivity index (χ0) is 9.80. The standard InChI is InChI=1S/C12H18O/c1-7-8(2)11(13)10-6-12(3,4)5-9(7)10/h9-10H,5-6H2,1-4H3/t9-,10-/m0/s1. The first kappa shape index (κ1) is 8.98. The molecule has 0 bridgehead atoms. The van der Waals surface area contributed by atoms with Crippen molar-refractivity contribution >= 4 is 5.78 Å². The second-order valence-electron chi connectivity index (χ2n) is 5.46. The first-order chi connectivity index (χ1) is 5.92. The molecule has 0 aromatic carbocycles. The Labute approximate surface area is 80.2 Å². The summed E-state index contributed by atoms with van der Waals surface area (Å²) >= 11 is 0. The van der Waals surface area contributed by atoms with Crippen LogP contribution in [-0.4, -0.2) is 5.78 Å². The van der Waals surface area contributed by atoms with Crippen molar-refractivity contribution in [2.45, 2.75) is 40.5 Å². The van der Waals surface area contributed by atoms with Gasteiger partial charge in [0.05, 0.1) is 0 Å². The van der Waals surface area contributed by atoms with E-state index in [4.69, 9.17) is 0 Å². The molecule has 1 heteroatoms. The molecule has 0 saturated heterocycles. The summed E-state index contributed by atoms with van der Waals surface area (Å²) < 4.78 is 0. The number of carbonyl (C=O) groups excluding carboxylic acids is 1. The summed E-state index contributed by atoms with van der Waals surface area (Å²) in [6.07, 6.45) is 2.29. The molecule has 0 aliphatic heterocycles. The molecule has 2 aliphatic rings. The third-order valence-corrected chi connectivity index (χ3v) is 3.88. The van der Waals surface area contributed by atoms with E-state index in [-0.39, 0.29) is 0 Å². The summed E-state index contributed by atoms with van der Waals surface area (Å²) in [5.41, 5.74) is 2.79. The third-order valence-electron chi connectivity index (χ3n) is 3.88. The van der Waals surface area contributed by atoms with Gasteiger partial charge in [0.1, 0.15) is 0 Å². The smallest absolute Gasteiger partial charge is 0.162 e. The molecule has 1 fully saturated rings. The van der Waals surface area contributed by atoms with Gasteiger partial charge in [0.2, 0.25) is 0 Å². The minimum atomic E-state index is 0.329. The number of allylic oxidation sites excluding steroid dienone is 2. The van der Waals surface area contributed by atoms with Crippen molar-refractivity contribution in [1.82, 2.24) is 0 Å². The highest BCUT2D eigenvalue weighted by Crippen LogP contribution is 2.52. The van der Waals surface area contributed by atoms with Crippen LogP contribution in [0.25, 0.3) is 0 Å². The van der Waals surface area contributed by atoms with Gasteiger partial charge in [0.15, 0.2) is 5.78 Å². The highest BCUT2D eigenvalue weighted by Gasteiger charge is 2.47. The molecular weight excluding hydrogens is 160 g/mol. The Hall–Kier alpha value is -0.590. The van der Waals surface area contributed by atoms with Crippen LogP contribution < -0.4 is 0 Å². The second kappa shape index (κ2) is 2.46. The quantitative estimate of drug-likeness (QED) is 0.557. The van der Waals surface area contributed by atoms with Gasteiger partial charge in [-0.2, -0.15) is 0 Å². The molecule has 0 aromatic rings. The Morgan fingerprint density at radius 2 is 1.69 bits per heavy atom. The second-order valence-corrected chi connectivity index (χ2v) is 5.46. The van der Waals surface area contributed by atoms with E-state index >= 15 is 0 Å². The zero-order valence-electron chi connectivity index (χ0n) is 8.98. The number of hydrogen-bond acceptors (Lipinski definition) is 1. The van der Waals surface area contributed by atoms with Crippen molar-refractivity contribution in [3.8, 4) is 0 Å². The van der Waals surface area contributed by atoms with Gasteiger partial charge in [0, 0.05) is 5.92 Å². The van der Waals surface area contributed by atoms with E-state index in [1.807, 2.05) is 6.92 Å². The van der Waals surface area contributed by atoms with Crippen molar-refractivity contribution in [1.29, 1.82) is 0 Å². The maximum Gasteiger partial charge on any atom is 0.162 e. The van der Waals surface area contributed by atoms with Gasteiger partial charge in [0.25, 0.3) is 0 Å². The number of Topliss-reactive ketones (excluding diaryl/α,β-unsaturated/α-hetero) is 1. The fourth-order valence-corrected chi connectivity index (χ4v) is 3.04. The monoisotopic (exact) mass is 178 g/mol. The van der Waals surface area contributed by atoms with Crippen LogP contribution in [0.15, 0.2) is 11.1 Å². The van der Waals surface area contributed by atoms with Gasteiger partial charge in [-0.25, -0.2) is 0 Å². The lowest BCUT2D eigenvalue weighted by molar-refractivity contribution is -0.118. The molecule has 2 atom stereocenters. The van der Waals surface area contributed by atoms with Gasteiger partial charge in [-0.05, 0) is 43.6 Å². The molecule has 0 radical (unpaired) electrons. The van der Waals surface area contributed by atoms with Crippen molar-refractivity contribution in [2.24, 2.45) is 17.3 Å². The predicted molar refractivity (Wildman–Crippen MR) is 53.4 cm³/mol. The molecule has 2 aliphatic carbocycles. The van der Waals surface area contributed by atoms with E-state index in [1.165, 1.54) is 12.0 Å².